The van der Waals surface area contributed by atoms with Gasteiger partial charge in [-0.2, -0.15) is 14.1 Å². The van der Waals surface area contributed by atoms with Gasteiger partial charge in [-0.3, -0.25) is 4.79 Å². The minimum Gasteiger partial charge on any atom is -0.379 e. The molecule has 1 fully saturated rings. The summed E-state index contributed by atoms with van der Waals surface area (Å²) < 4.78 is 33.8. The minimum absolute atomic E-state index is 0.193. The van der Waals surface area contributed by atoms with Gasteiger partial charge in [0.1, 0.15) is 11.2 Å². The van der Waals surface area contributed by atoms with E-state index in [9.17, 15) is 13.2 Å². The van der Waals surface area contributed by atoms with Crippen LogP contribution in [0.25, 0.3) is 27.2 Å². The van der Waals surface area contributed by atoms with Crippen molar-refractivity contribution in [1.29, 1.82) is 0 Å². The first-order chi connectivity index (χ1) is 18.9. The number of para-hydroxylation sites is 1. The number of anilines is 2. The molecule has 1 N–H and O–H groups in total. The third-order valence-electron chi connectivity index (χ3n) is 6.19. The lowest BCUT2D eigenvalue weighted by atomic mass is 10.2. The van der Waals surface area contributed by atoms with Crippen LogP contribution in [0.1, 0.15) is 0 Å². The molecule has 0 spiro atoms. The van der Waals surface area contributed by atoms with Gasteiger partial charge in [0.2, 0.25) is 16.0 Å². The molecule has 10 nitrogen and oxygen atoms in total. The number of nitrogens with one attached hydrogen (secondary N) is 1. The Morgan fingerprint density at radius 1 is 1.00 bits per heavy atom. The number of fused-ring (bicyclic) bond motifs is 1. The second-order valence-electron chi connectivity index (χ2n) is 8.62. The fraction of sp³-hybridized carbons (Fsp3) is 0.154. The van der Waals surface area contributed by atoms with Gasteiger partial charge in [-0.15, -0.1) is 11.3 Å². The first kappa shape index (κ1) is 25.6. The summed E-state index contributed by atoms with van der Waals surface area (Å²) >= 11 is 7.84. The molecule has 0 saturated carbocycles. The molecule has 1 aliphatic heterocycles. The van der Waals surface area contributed by atoms with E-state index in [-0.39, 0.29) is 16.2 Å². The Labute approximate surface area is 232 Å². The van der Waals surface area contributed by atoms with Crippen LogP contribution in [0.3, 0.4) is 0 Å². The molecule has 13 heteroatoms. The molecule has 1 aliphatic rings. The molecule has 6 rings (SSSR count). The lowest BCUT2D eigenvalue weighted by Crippen LogP contribution is -2.40. The van der Waals surface area contributed by atoms with E-state index in [4.69, 9.17) is 16.3 Å². The highest BCUT2D eigenvalue weighted by atomic mass is 35.5. The van der Waals surface area contributed by atoms with Crippen LogP contribution in [0.2, 0.25) is 5.02 Å². The van der Waals surface area contributed by atoms with E-state index in [1.165, 1.54) is 38.7 Å². The molecule has 0 bridgehead atoms. The van der Waals surface area contributed by atoms with Crippen molar-refractivity contribution in [2.24, 2.45) is 0 Å². The number of morpholine rings is 1. The van der Waals surface area contributed by atoms with Crippen LogP contribution in [0.4, 0.5) is 11.6 Å². The normalized spacial score (nSPS) is 14.5. The molecule has 0 aliphatic carbocycles. The molecule has 1 saturated heterocycles. The quantitative estimate of drug-likeness (QED) is 0.315. The van der Waals surface area contributed by atoms with Crippen LogP contribution >= 0.6 is 22.9 Å². The molecule has 3 aromatic heterocycles. The molecule has 0 radical (unpaired) electrons. The van der Waals surface area contributed by atoms with E-state index in [2.05, 4.69) is 20.4 Å². The lowest BCUT2D eigenvalue weighted by Gasteiger charge is -2.26. The highest BCUT2D eigenvalue weighted by molar-refractivity contribution is 7.89. The van der Waals surface area contributed by atoms with Gasteiger partial charge < -0.3 is 10.1 Å². The second kappa shape index (κ2) is 10.5. The fourth-order valence-electron chi connectivity index (χ4n) is 4.23. The summed E-state index contributed by atoms with van der Waals surface area (Å²) in [6.07, 6.45) is 1.45. The maximum absolute atomic E-state index is 13.4. The van der Waals surface area contributed by atoms with Gasteiger partial charge in [-0.1, -0.05) is 29.8 Å². The number of aromatic nitrogens is 4. The second-order valence-corrected chi connectivity index (χ2v) is 11.9. The summed E-state index contributed by atoms with van der Waals surface area (Å²) in [6.45, 7) is 1.41. The van der Waals surface area contributed by atoms with Gasteiger partial charge in [0.15, 0.2) is 0 Å². The van der Waals surface area contributed by atoms with Gasteiger partial charge in [-0.05, 0) is 47.8 Å². The Bertz CT molecular complexity index is 1820. The summed E-state index contributed by atoms with van der Waals surface area (Å²) in [6, 6.07) is 17.1. The Kier molecular flexibility index (Phi) is 6.87. The minimum atomic E-state index is -3.61. The molecule has 0 amide bonds. The van der Waals surface area contributed by atoms with Crippen LogP contribution in [0.5, 0.6) is 0 Å². The highest BCUT2D eigenvalue weighted by Crippen LogP contribution is 2.30. The van der Waals surface area contributed by atoms with Crippen molar-refractivity contribution >= 4 is 55.5 Å². The van der Waals surface area contributed by atoms with Gasteiger partial charge in [-0.25, -0.2) is 18.4 Å². The number of rotatable bonds is 6. The fourth-order valence-corrected chi connectivity index (χ4v) is 6.56. The molecule has 4 heterocycles. The van der Waals surface area contributed by atoms with Crippen LogP contribution in [-0.2, 0) is 14.8 Å². The van der Waals surface area contributed by atoms with E-state index >= 15 is 0 Å². The smallest absolute Gasteiger partial charge is 0.282 e. The molecule has 39 heavy (non-hydrogen) atoms. The van der Waals surface area contributed by atoms with Gasteiger partial charge in [0.25, 0.3) is 5.56 Å². The van der Waals surface area contributed by atoms with Crippen molar-refractivity contribution in [3.05, 3.63) is 87.6 Å². The number of ether oxygens (including phenoxy) is 1. The Morgan fingerprint density at radius 2 is 1.77 bits per heavy atom. The number of hydrogen-bond acceptors (Lipinski definition) is 9. The zero-order chi connectivity index (χ0) is 27.0. The third-order valence-corrected chi connectivity index (χ3v) is 9.30. The first-order valence-corrected chi connectivity index (χ1v) is 14.7. The Hall–Kier alpha value is -3.68. The molecule has 0 unspecified atom stereocenters. The molecular formula is C26H21ClN6O4S2. The van der Waals surface area contributed by atoms with E-state index in [1.807, 2.05) is 17.5 Å². The van der Waals surface area contributed by atoms with Crippen molar-refractivity contribution in [1.82, 2.24) is 24.1 Å². The standard InChI is InChI=1S/C26H21ClN6O4S2/c27-20-4-1-2-5-21(20)33-25(34)19-16-28-26(30-23(19)24(31-33)22-6-3-15-38-22)29-17-7-9-18(10-8-17)39(35,36)32-11-13-37-14-12-32/h1-10,15-16H,11-14H2,(H,28,29,30). The van der Waals surface area contributed by atoms with Crippen LogP contribution in [0, 0.1) is 0 Å². The summed E-state index contributed by atoms with van der Waals surface area (Å²) in [4.78, 5) is 23.4. The number of nitrogens with zero attached hydrogens (tertiary/aromatic N) is 5. The van der Waals surface area contributed by atoms with Crippen LogP contribution < -0.4 is 10.9 Å². The number of hydrogen-bond donors (Lipinski definition) is 1. The third kappa shape index (κ3) is 4.92. The van der Waals surface area contributed by atoms with E-state index in [0.717, 1.165) is 4.88 Å². The average Bonchev–Trinajstić information content (AvgIpc) is 3.50. The Balaban J connectivity index is 1.37. The maximum Gasteiger partial charge on any atom is 0.282 e. The largest absolute Gasteiger partial charge is 0.379 e. The zero-order valence-electron chi connectivity index (χ0n) is 20.3. The van der Waals surface area contributed by atoms with E-state index < -0.39 is 15.6 Å². The Morgan fingerprint density at radius 3 is 2.49 bits per heavy atom. The van der Waals surface area contributed by atoms with Gasteiger partial charge in [0, 0.05) is 25.0 Å². The molecule has 198 valence electrons. The predicted molar refractivity (Wildman–Crippen MR) is 151 cm³/mol. The number of halogens is 1. The van der Waals surface area contributed by atoms with E-state index in [1.54, 1.807) is 36.4 Å². The van der Waals surface area contributed by atoms with Crippen LogP contribution in [0.15, 0.2) is 81.9 Å². The van der Waals surface area contributed by atoms with Crippen LogP contribution in [-0.4, -0.2) is 58.8 Å². The maximum atomic E-state index is 13.4. The van der Waals surface area contributed by atoms with Crippen molar-refractivity contribution in [3.63, 3.8) is 0 Å². The van der Waals surface area contributed by atoms with Crippen molar-refractivity contribution in [2.75, 3.05) is 31.6 Å². The topological polar surface area (TPSA) is 119 Å². The average molecular weight is 581 g/mol. The monoisotopic (exact) mass is 580 g/mol. The zero-order valence-corrected chi connectivity index (χ0v) is 22.7. The van der Waals surface area contributed by atoms with Gasteiger partial charge >= 0.3 is 0 Å². The molecule has 0 atom stereocenters. The molecule has 2 aromatic carbocycles. The molecule has 5 aromatic rings. The number of thiophene rings is 1. The molecular weight excluding hydrogens is 560 g/mol. The SMILES string of the molecule is O=c1c2cnc(Nc3ccc(S(=O)(=O)N4CCOCC4)cc3)nc2c(-c2cccs2)nn1-c1ccccc1Cl. The summed E-state index contributed by atoms with van der Waals surface area (Å²) in [5.41, 5.74) is 1.54. The van der Waals surface area contributed by atoms with Crippen molar-refractivity contribution < 1.29 is 13.2 Å². The lowest BCUT2D eigenvalue weighted by molar-refractivity contribution is 0.0730. The van der Waals surface area contributed by atoms with Crippen molar-refractivity contribution in [3.8, 4) is 16.3 Å². The number of sulfonamides is 1. The summed E-state index contributed by atoms with van der Waals surface area (Å²) in [5.74, 6) is 0.237. The summed E-state index contributed by atoms with van der Waals surface area (Å²) in [5, 5.41) is 10.3. The van der Waals surface area contributed by atoms with Gasteiger partial charge in [0.05, 0.1) is 39.1 Å². The predicted octanol–water partition coefficient (Wildman–Crippen LogP) is 4.32. The van der Waals surface area contributed by atoms with E-state index in [0.29, 0.717) is 53.9 Å². The highest BCUT2D eigenvalue weighted by Gasteiger charge is 2.26. The first-order valence-electron chi connectivity index (χ1n) is 12.0. The van der Waals surface area contributed by atoms with Crippen molar-refractivity contribution in [2.45, 2.75) is 4.90 Å². The number of benzene rings is 2. The summed E-state index contributed by atoms with van der Waals surface area (Å²) in [7, 11) is -3.61.